The van der Waals surface area contributed by atoms with E-state index in [1.807, 2.05) is 0 Å². The molecule has 0 radical (unpaired) electrons. The Balaban J connectivity index is 2.07. The van der Waals surface area contributed by atoms with E-state index >= 15 is 0 Å². The summed E-state index contributed by atoms with van der Waals surface area (Å²) in [6.45, 7) is 0.643. The Bertz CT molecular complexity index is 531. The molecule has 0 spiro atoms. The number of carbonyl (C=O) groups is 1. The molecular weight excluding hydrogens is 315 g/mol. The van der Waals surface area contributed by atoms with E-state index in [2.05, 4.69) is 0 Å². The molecule has 116 valence electrons. The highest BCUT2D eigenvalue weighted by Gasteiger charge is 2.28. The van der Waals surface area contributed by atoms with Crippen molar-refractivity contribution < 1.29 is 15.0 Å². The fraction of sp³-hybridized carbons (Fsp3) is 0.500. The van der Waals surface area contributed by atoms with Crippen molar-refractivity contribution in [2.75, 3.05) is 19.7 Å². The first kappa shape index (κ1) is 16.4. The van der Waals surface area contributed by atoms with E-state index in [9.17, 15) is 9.90 Å². The standard InChI is InChI=1S/C14H18Cl2N2O3/c15-10-5-9(12(20)6-11(10)16)14(17)8-1-3-18(4-2-8)13(21)7-19/h5-6,8,14,19-20H,1-4,7,17H2. The van der Waals surface area contributed by atoms with E-state index in [1.54, 1.807) is 11.0 Å². The van der Waals surface area contributed by atoms with Crippen LogP contribution < -0.4 is 5.73 Å². The molecule has 21 heavy (non-hydrogen) atoms. The highest BCUT2D eigenvalue weighted by atomic mass is 35.5. The normalized spacial score (nSPS) is 17.8. The molecule has 5 nitrogen and oxygen atoms in total. The lowest BCUT2D eigenvalue weighted by Gasteiger charge is -2.34. The predicted molar refractivity (Wildman–Crippen MR) is 81.4 cm³/mol. The number of halogens is 2. The Kier molecular flexibility index (Phi) is 5.32. The molecule has 1 aromatic carbocycles. The van der Waals surface area contributed by atoms with Gasteiger partial charge in [-0.3, -0.25) is 4.79 Å². The monoisotopic (exact) mass is 332 g/mol. The second kappa shape index (κ2) is 6.83. The number of nitrogens with zero attached hydrogens (tertiary/aromatic N) is 1. The van der Waals surface area contributed by atoms with E-state index in [-0.39, 0.29) is 28.6 Å². The van der Waals surface area contributed by atoms with Crippen LogP contribution in [0.1, 0.15) is 24.4 Å². The predicted octanol–water partition coefficient (Wildman–Crippen LogP) is 1.93. The lowest BCUT2D eigenvalue weighted by molar-refractivity contribution is -0.135. The van der Waals surface area contributed by atoms with Gasteiger partial charge in [0.15, 0.2) is 0 Å². The van der Waals surface area contributed by atoms with E-state index in [0.29, 0.717) is 36.5 Å². The second-order valence-electron chi connectivity index (χ2n) is 5.23. The number of carbonyl (C=O) groups excluding carboxylic acids is 1. The van der Waals surface area contributed by atoms with Crippen molar-refractivity contribution in [1.29, 1.82) is 0 Å². The summed E-state index contributed by atoms with van der Waals surface area (Å²) in [5.41, 5.74) is 6.80. The van der Waals surface area contributed by atoms with Crippen LogP contribution in [0, 0.1) is 5.92 Å². The first-order valence-electron chi connectivity index (χ1n) is 6.76. The highest BCUT2D eigenvalue weighted by molar-refractivity contribution is 6.42. The van der Waals surface area contributed by atoms with Gasteiger partial charge in [-0.15, -0.1) is 0 Å². The lowest BCUT2D eigenvalue weighted by Crippen LogP contribution is -2.42. The van der Waals surface area contributed by atoms with Crippen LogP contribution in [-0.4, -0.2) is 40.7 Å². The molecule has 1 saturated heterocycles. The van der Waals surface area contributed by atoms with Crippen LogP contribution in [0.15, 0.2) is 12.1 Å². The molecule has 1 aliphatic rings. The zero-order valence-electron chi connectivity index (χ0n) is 11.4. The number of phenolic OH excluding ortho intramolecular Hbond substituents is 1. The third kappa shape index (κ3) is 3.61. The number of aliphatic hydroxyl groups is 1. The summed E-state index contributed by atoms with van der Waals surface area (Å²) in [7, 11) is 0. The van der Waals surface area contributed by atoms with Crippen LogP contribution in [0.3, 0.4) is 0 Å². The van der Waals surface area contributed by atoms with Gasteiger partial charge in [0, 0.05) is 30.8 Å². The fourth-order valence-electron chi connectivity index (χ4n) is 2.68. The minimum atomic E-state index is -0.468. The van der Waals surface area contributed by atoms with E-state index in [0.717, 1.165) is 0 Å². The number of phenols is 1. The smallest absolute Gasteiger partial charge is 0.248 e. The summed E-state index contributed by atoms with van der Waals surface area (Å²) in [6.07, 6.45) is 1.43. The third-order valence-corrected chi connectivity index (χ3v) is 4.69. The zero-order chi connectivity index (χ0) is 15.6. The van der Waals surface area contributed by atoms with Crippen molar-refractivity contribution in [3.63, 3.8) is 0 Å². The van der Waals surface area contributed by atoms with Gasteiger partial charge in [-0.05, 0) is 24.8 Å². The van der Waals surface area contributed by atoms with E-state index < -0.39 is 6.61 Å². The van der Waals surface area contributed by atoms with Gasteiger partial charge in [0.2, 0.25) is 5.91 Å². The van der Waals surface area contributed by atoms with Crippen LogP contribution in [0.2, 0.25) is 10.0 Å². The Morgan fingerprint density at radius 2 is 1.90 bits per heavy atom. The largest absolute Gasteiger partial charge is 0.508 e. The number of rotatable bonds is 3. The first-order valence-corrected chi connectivity index (χ1v) is 7.51. The number of aromatic hydroxyl groups is 1. The van der Waals surface area contributed by atoms with Gasteiger partial charge in [0.1, 0.15) is 12.4 Å². The van der Waals surface area contributed by atoms with Crippen molar-refractivity contribution in [1.82, 2.24) is 4.90 Å². The number of piperidine rings is 1. The van der Waals surface area contributed by atoms with Crippen LogP contribution in [0.5, 0.6) is 5.75 Å². The molecule has 0 aromatic heterocycles. The Morgan fingerprint density at radius 1 is 1.33 bits per heavy atom. The number of aliphatic hydroxyl groups excluding tert-OH is 1. The summed E-state index contributed by atoms with van der Waals surface area (Å²) >= 11 is 11.8. The number of likely N-dealkylation sites (tertiary alicyclic amines) is 1. The maximum atomic E-state index is 11.4. The van der Waals surface area contributed by atoms with E-state index in [1.165, 1.54) is 6.07 Å². The summed E-state index contributed by atoms with van der Waals surface area (Å²) in [5, 5.41) is 19.5. The Hall–Kier alpha value is -1.01. The molecule has 0 bridgehead atoms. The van der Waals surface area contributed by atoms with Crippen molar-refractivity contribution >= 4 is 29.1 Å². The maximum absolute atomic E-state index is 11.4. The molecule has 1 amide bonds. The summed E-state index contributed by atoms with van der Waals surface area (Å²) < 4.78 is 0. The first-order chi connectivity index (χ1) is 9.93. The van der Waals surface area contributed by atoms with Crippen LogP contribution in [0.25, 0.3) is 0 Å². The molecule has 1 heterocycles. The van der Waals surface area contributed by atoms with Gasteiger partial charge in [-0.25, -0.2) is 0 Å². The van der Waals surface area contributed by atoms with Gasteiger partial charge in [-0.1, -0.05) is 23.2 Å². The van der Waals surface area contributed by atoms with Gasteiger partial charge in [0.25, 0.3) is 0 Å². The van der Waals surface area contributed by atoms with Crippen molar-refractivity contribution in [3.05, 3.63) is 27.7 Å². The van der Waals surface area contributed by atoms with Gasteiger partial charge in [0.05, 0.1) is 10.0 Å². The maximum Gasteiger partial charge on any atom is 0.248 e. The number of benzene rings is 1. The Morgan fingerprint density at radius 3 is 2.48 bits per heavy atom. The molecule has 1 atom stereocenters. The molecular formula is C14H18Cl2N2O3. The molecule has 1 unspecified atom stereocenters. The second-order valence-corrected chi connectivity index (χ2v) is 6.04. The van der Waals surface area contributed by atoms with Gasteiger partial charge >= 0.3 is 0 Å². The van der Waals surface area contributed by atoms with Crippen molar-refractivity contribution in [2.45, 2.75) is 18.9 Å². The SMILES string of the molecule is NC(c1cc(Cl)c(Cl)cc1O)C1CCN(C(=O)CO)CC1. The Labute approximate surface area is 133 Å². The molecule has 2 rings (SSSR count). The minimum absolute atomic E-state index is 0.0331. The number of amides is 1. The zero-order valence-corrected chi connectivity index (χ0v) is 12.9. The van der Waals surface area contributed by atoms with Crippen molar-refractivity contribution in [2.24, 2.45) is 11.7 Å². The fourth-order valence-corrected chi connectivity index (χ4v) is 3.01. The topological polar surface area (TPSA) is 86.8 Å². The molecule has 7 heteroatoms. The molecule has 1 aliphatic heterocycles. The molecule has 1 aromatic rings. The number of hydrogen-bond acceptors (Lipinski definition) is 4. The quantitative estimate of drug-likeness (QED) is 0.789. The summed E-state index contributed by atoms with van der Waals surface area (Å²) in [6, 6.07) is 2.62. The molecule has 1 fully saturated rings. The highest BCUT2D eigenvalue weighted by Crippen LogP contribution is 2.37. The molecule has 4 N–H and O–H groups in total. The minimum Gasteiger partial charge on any atom is -0.508 e. The van der Waals surface area contributed by atoms with Gasteiger partial charge in [-0.2, -0.15) is 0 Å². The third-order valence-electron chi connectivity index (χ3n) is 3.96. The number of hydrogen-bond donors (Lipinski definition) is 3. The lowest BCUT2D eigenvalue weighted by atomic mass is 9.85. The van der Waals surface area contributed by atoms with Crippen LogP contribution in [0.4, 0.5) is 0 Å². The molecule has 0 saturated carbocycles. The average molecular weight is 333 g/mol. The average Bonchev–Trinajstić information content (AvgIpc) is 2.49. The van der Waals surface area contributed by atoms with Crippen LogP contribution in [-0.2, 0) is 4.79 Å². The number of nitrogens with two attached hydrogens (primary N) is 1. The molecule has 0 aliphatic carbocycles. The van der Waals surface area contributed by atoms with Gasteiger partial charge < -0.3 is 20.8 Å². The van der Waals surface area contributed by atoms with Crippen molar-refractivity contribution in [3.8, 4) is 5.75 Å². The van der Waals surface area contributed by atoms with E-state index in [4.69, 9.17) is 34.0 Å². The van der Waals surface area contributed by atoms with Crippen LogP contribution >= 0.6 is 23.2 Å². The summed E-state index contributed by atoms with van der Waals surface area (Å²) in [5.74, 6) is -0.0962. The summed E-state index contributed by atoms with van der Waals surface area (Å²) in [4.78, 5) is 13.0.